The summed E-state index contributed by atoms with van der Waals surface area (Å²) in [6.07, 6.45) is -89.5. The molecule has 46 heteroatoms. The van der Waals surface area contributed by atoms with Crippen molar-refractivity contribution in [3.8, 4) is 0 Å². The van der Waals surface area contributed by atoms with Crippen molar-refractivity contribution in [1.82, 2.24) is 0 Å². The summed E-state index contributed by atoms with van der Waals surface area (Å²) in [6, 6.07) is 0. The molecule has 0 amide bonds. The molecular formula is C54H92O46. The summed E-state index contributed by atoms with van der Waals surface area (Å²) >= 11 is 0. The van der Waals surface area contributed by atoms with Crippen molar-refractivity contribution in [3.05, 3.63) is 0 Å². The van der Waals surface area contributed by atoms with Gasteiger partial charge in [0.25, 0.3) is 0 Å². The molecule has 9 rings (SSSR count). The zero-order chi connectivity index (χ0) is 73.4. The molecule has 0 spiro atoms. The highest BCUT2D eigenvalue weighted by atomic mass is 16.8. The van der Waals surface area contributed by atoms with E-state index < -0.39 is 336 Å². The molecular weight excluding hydrogens is 1380 g/mol. The van der Waals surface area contributed by atoms with E-state index in [4.69, 9.17) is 80.5 Å². The molecule has 584 valence electrons. The molecule has 9 aliphatic rings. The minimum Gasteiger partial charge on any atom is -0.394 e. The van der Waals surface area contributed by atoms with Gasteiger partial charge >= 0.3 is 0 Å². The van der Waals surface area contributed by atoms with Crippen molar-refractivity contribution >= 4 is 0 Å². The molecule has 0 bridgehead atoms. The van der Waals surface area contributed by atoms with Crippen molar-refractivity contribution in [2.75, 3.05) is 59.5 Å². The normalized spacial score (nSPS) is 53.7. The molecule has 29 N–H and O–H groups in total. The third-order valence-electron chi connectivity index (χ3n) is 18.8. The van der Waals surface area contributed by atoms with E-state index >= 15 is 0 Å². The van der Waals surface area contributed by atoms with Crippen LogP contribution in [0.3, 0.4) is 0 Å². The molecule has 0 saturated carbocycles. The zero-order valence-corrected chi connectivity index (χ0v) is 52.3. The van der Waals surface area contributed by atoms with E-state index in [2.05, 4.69) is 0 Å². The highest BCUT2D eigenvalue weighted by Crippen LogP contribution is 2.40. The molecule has 9 aliphatic heterocycles. The highest BCUT2D eigenvalue weighted by Gasteiger charge is 2.60. The topological polar surface area (TPSA) is 744 Å². The van der Waals surface area contributed by atoms with Gasteiger partial charge in [0.2, 0.25) is 0 Å². The second kappa shape index (κ2) is 35.5. The molecule has 0 aromatic heterocycles. The number of aliphatic hydroxyl groups is 29. The Balaban J connectivity index is 0.771. The molecule has 9 heterocycles. The van der Waals surface area contributed by atoms with Gasteiger partial charge in [-0.2, -0.15) is 0 Å². The van der Waals surface area contributed by atoms with Crippen LogP contribution in [-0.2, 0) is 80.5 Å². The Morgan fingerprint density at radius 3 is 0.460 bits per heavy atom. The molecule has 0 radical (unpaired) electrons. The summed E-state index contributed by atoms with van der Waals surface area (Å²) < 4.78 is 94.9. The number of hydrogen-bond donors (Lipinski definition) is 29. The summed E-state index contributed by atoms with van der Waals surface area (Å²) in [5.41, 5.74) is 0. The van der Waals surface area contributed by atoms with E-state index in [1.165, 1.54) is 0 Å². The fourth-order valence-corrected chi connectivity index (χ4v) is 13.0. The van der Waals surface area contributed by atoms with E-state index in [-0.39, 0.29) is 0 Å². The summed E-state index contributed by atoms with van der Waals surface area (Å²) in [5.74, 6) is 0. The van der Waals surface area contributed by atoms with E-state index in [1.54, 1.807) is 0 Å². The van der Waals surface area contributed by atoms with Crippen LogP contribution >= 0.6 is 0 Å². The van der Waals surface area contributed by atoms with Gasteiger partial charge in [0, 0.05) is 0 Å². The lowest BCUT2D eigenvalue weighted by atomic mass is 9.95. The largest absolute Gasteiger partial charge is 0.394 e. The number of hydrogen-bond acceptors (Lipinski definition) is 46. The quantitative estimate of drug-likeness (QED) is 0.0404. The Morgan fingerprint density at radius 2 is 0.290 bits per heavy atom. The molecule has 9 saturated heterocycles. The molecule has 9 fully saturated rings. The lowest BCUT2D eigenvalue weighted by Gasteiger charge is -2.50. The monoisotopic (exact) mass is 1480 g/mol. The van der Waals surface area contributed by atoms with Gasteiger partial charge < -0.3 is 229 Å². The maximum Gasteiger partial charge on any atom is 0.187 e. The van der Waals surface area contributed by atoms with Gasteiger partial charge in [-0.1, -0.05) is 0 Å². The van der Waals surface area contributed by atoms with Crippen LogP contribution in [0.15, 0.2) is 0 Å². The van der Waals surface area contributed by atoms with Crippen LogP contribution < -0.4 is 0 Å². The molecule has 27 unspecified atom stereocenters. The SMILES string of the molecule is OCC1O[C@H](O[C@@H]2C(CO)O[C@H](O[C@@H]3C(CO)O[C@H](O[C@@H]4C(CO)O[C@H](O[C@@H]5C(CO)O[C@H](O[C@@H]6C(CO)O[C@H](O[C@@H]7C(CO)O[C@H](O[C@@H]8C(CO)O[C@H](O[C@@H]9C(CO)O[C@@H](O)C(O)C9O)C(O)C8O)C(O)C7O)C(O)C6O)C(O)C5O)C(O)C4O)C(O)C3O)C(O)C2O)C(O)C(O)[C@@H]1O. The van der Waals surface area contributed by atoms with Crippen molar-refractivity contribution in [1.29, 1.82) is 0 Å². The summed E-state index contributed by atoms with van der Waals surface area (Å²) in [4.78, 5) is 0. The minimum atomic E-state index is -2.30. The third-order valence-corrected chi connectivity index (χ3v) is 18.8. The zero-order valence-electron chi connectivity index (χ0n) is 52.3. The molecule has 0 aromatic rings. The second-order valence-corrected chi connectivity index (χ2v) is 25.2. The predicted molar refractivity (Wildman–Crippen MR) is 297 cm³/mol. The van der Waals surface area contributed by atoms with Crippen LogP contribution in [0.25, 0.3) is 0 Å². The summed E-state index contributed by atoms with van der Waals surface area (Å²) in [5, 5.41) is 311. The van der Waals surface area contributed by atoms with E-state index in [0.29, 0.717) is 0 Å². The van der Waals surface area contributed by atoms with Crippen LogP contribution in [0.1, 0.15) is 0 Å². The van der Waals surface area contributed by atoms with Crippen molar-refractivity contribution < 1.29 is 229 Å². The first kappa shape index (κ1) is 82.2. The Hall–Kier alpha value is -1.84. The Kier molecular flexibility index (Phi) is 29.2. The van der Waals surface area contributed by atoms with Gasteiger partial charge in [0.15, 0.2) is 56.6 Å². The standard InChI is InChI=1S/C54H92O46/c55-1-10-19(64)20(65)30(75)47(85-10)94-39-12(3-57)87-49(32(77)22(39)67)96-41-14(5-59)89-51(34(79)24(41)69)98-43-16(7-61)91-53(36(81)26(43)71)100-45-18(9-63)92-54(37(82)28(45)73)99-44-17(8-62)90-52(35(80)27(44)72)97-42-15(6-60)88-50(33(78)25(42)70)95-40-13(4-58)86-48(31(76)23(40)68)93-38-11(2-56)84-46(83)29(74)21(38)66/h10-83H,1-9H2/t10?,11?,12?,13?,14?,15?,16?,17?,18?,19-,20?,21?,22?,23?,24?,25?,26?,27?,28?,29?,30?,31?,32?,33?,34?,35?,36?,37?,38-,39-,40-,41-,42-,43-,44-,45-,46-,47-,48-,49-,50-,51-,52-,53-,54-/m1/s1. The Bertz CT molecular complexity index is 2440. The van der Waals surface area contributed by atoms with Crippen LogP contribution in [0.5, 0.6) is 0 Å². The van der Waals surface area contributed by atoms with Crippen molar-refractivity contribution in [2.24, 2.45) is 0 Å². The average molecular weight is 1480 g/mol. The van der Waals surface area contributed by atoms with E-state index in [9.17, 15) is 148 Å². The minimum absolute atomic E-state index is 0.862. The highest BCUT2D eigenvalue weighted by molar-refractivity contribution is 5.02. The van der Waals surface area contributed by atoms with Gasteiger partial charge in [0.1, 0.15) is 220 Å². The van der Waals surface area contributed by atoms with Gasteiger partial charge in [-0.05, 0) is 0 Å². The molecule has 46 nitrogen and oxygen atoms in total. The van der Waals surface area contributed by atoms with Gasteiger partial charge in [0.05, 0.1) is 59.5 Å². The summed E-state index contributed by atoms with van der Waals surface area (Å²) in [7, 11) is 0. The van der Waals surface area contributed by atoms with Gasteiger partial charge in [-0.25, -0.2) is 0 Å². The predicted octanol–water partition coefficient (Wildman–Crippen LogP) is -20.6. The lowest BCUT2D eigenvalue weighted by Crippen LogP contribution is -2.68. The average Bonchev–Trinajstić information content (AvgIpc) is 0.777. The fraction of sp³-hybridized carbons (Fsp3) is 1.00. The van der Waals surface area contributed by atoms with E-state index in [1.807, 2.05) is 0 Å². The maximum atomic E-state index is 11.5. The molecule has 0 aliphatic carbocycles. The van der Waals surface area contributed by atoms with Crippen LogP contribution in [0.2, 0.25) is 0 Å². The lowest BCUT2D eigenvalue weighted by molar-refractivity contribution is -0.400. The number of ether oxygens (including phenoxy) is 17. The smallest absolute Gasteiger partial charge is 0.187 e. The molecule has 0 aromatic carbocycles. The van der Waals surface area contributed by atoms with Crippen LogP contribution in [0.4, 0.5) is 0 Å². The maximum absolute atomic E-state index is 11.5. The fourth-order valence-electron chi connectivity index (χ4n) is 13.0. The summed E-state index contributed by atoms with van der Waals surface area (Å²) in [6.45, 7) is -9.29. The van der Waals surface area contributed by atoms with Crippen molar-refractivity contribution in [3.63, 3.8) is 0 Å². The number of rotatable bonds is 25. The molecule has 45 atom stereocenters. The first-order chi connectivity index (χ1) is 47.5. The molecule has 100 heavy (non-hydrogen) atoms. The van der Waals surface area contributed by atoms with Crippen LogP contribution in [-0.4, -0.2) is 484 Å². The second-order valence-electron chi connectivity index (χ2n) is 25.2. The van der Waals surface area contributed by atoms with Gasteiger partial charge in [-0.15, -0.1) is 0 Å². The van der Waals surface area contributed by atoms with E-state index in [0.717, 1.165) is 0 Å². The first-order valence-corrected chi connectivity index (χ1v) is 31.7. The third kappa shape index (κ3) is 16.7. The Morgan fingerprint density at radius 1 is 0.150 bits per heavy atom. The Labute approximate surface area is 563 Å². The van der Waals surface area contributed by atoms with Crippen molar-refractivity contribution in [2.45, 2.75) is 276 Å². The first-order valence-electron chi connectivity index (χ1n) is 31.7. The van der Waals surface area contributed by atoms with Crippen LogP contribution in [0, 0.1) is 0 Å². The number of aliphatic hydroxyl groups excluding tert-OH is 29. The van der Waals surface area contributed by atoms with Gasteiger partial charge in [-0.3, -0.25) is 0 Å².